The molecule has 2 aromatic rings. The maximum atomic E-state index is 12.3. The number of anilines is 4. The number of aromatic nitrogens is 2. The monoisotopic (exact) mass is 496 g/mol. The summed E-state index contributed by atoms with van der Waals surface area (Å²) in [6.45, 7) is 0.568. The Morgan fingerprint density at radius 1 is 1.26 bits per heavy atom. The minimum atomic E-state index is -1.33. The van der Waals surface area contributed by atoms with Crippen LogP contribution in [0.1, 0.15) is 23.2 Å². The number of carboxylic acid groups (broad SMARTS) is 2. The molecule has 0 bridgehead atoms. The molecule has 0 fully saturated rings. The average Bonchev–Trinajstić information content (AvgIpc) is 2.79. The van der Waals surface area contributed by atoms with Crippen LogP contribution in [0.4, 0.5) is 23.1 Å². The number of hydrogen-bond acceptors (Lipinski definition) is 9. The maximum Gasteiger partial charge on any atom is 1.00 e. The maximum absolute atomic E-state index is 12.3. The number of H-pyrrole nitrogens is 1. The van der Waals surface area contributed by atoms with E-state index in [0.29, 0.717) is 18.6 Å². The minimum absolute atomic E-state index is 0. The Labute approximate surface area is 220 Å². The van der Waals surface area contributed by atoms with Crippen LogP contribution in [0.15, 0.2) is 29.1 Å². The second-order valence-corrected chi connectivity index (χ2v) is 7.45. The number of nitrogens with zero attached hydrogens (tertiary/aromatic N) is 2. The van der Waals surface area contributed by atoms with E-state index in [1.807, 2.05) is 0 Å². The molecule has 1 aliphatic heterocycles. The molecule has 0 saturated carbocycles. The standard InChI is InChI=1S/C20H23N7O7.Na/c21-20-25-16-15(18(32)26-20)27(9-28)12(8-23-16)7-22-11-3-1-10(2-4-11)17(31)24-13(19(33)34)5-6-14(29)30;/h1-4,9,12-13,22H,5-8H2,(H,24,31)(H,29,30)(H,33,34)(H4,21,23,25,26,32);/q;+1/t12-,13-;/m0./s1. The van der Waals surface area contributed by atoms with Crippen LogP contribution in [0.2, 0.25) is 0 Å². The van der Waals surface area contributed by atoms with Gasteiger partial charge in [0.25, 0.3) is 11.5 Å². The number of amides is 2. The number of carboxylic acids is 2. The third-order valence-corrected chi connectivity index (χ3v) is 5.12. The summed E-state index contributed by atoms with van der Waals surface area (Å²) >= 11 is 0. The summed E-state index contributed by atoms with van der Waals surface area (Å²) in [6.07, 6.45) is -0.101. The Morgan fingerprint density at radius 2 is 1.94 bits per heavy atom. The molecule has 0 saturated heterocycles. The molecule has 2 atom stereocenters. The number of rotatable bonds is 10. The van der Waals surface area contributed by atoms with Crippen molar-refractivity contribution in [2.24, 2.45) is 0 Å². The smallest absolute Gasteiger partial charge is 0.481 e. The topological polar surface area (TPSA) is 220 Å². The van der Waals surface area contributed by atoms with Crippen molar-refractivity contribution in [2.75, 3.05) is 34.4 Å². The second kappa shape index (κ2) is 12.2. The van der Waals surface area contributed by atoms with E-state index in [-0.39, 0.29) is 65.5 Å². The van der Waals surface area contributed by atoms with Crippen LogP contribution in [0.5, 0.6) is 0 Å². The van der Waals surface area contributed by atoms with Crippen LogP contribution in [0, 0.1) is 0 Å². The molecule has 2 heterocycles. The number of hydrogen-bond donors (Lipinski definition) is 7. The fourth-order valence-electron chi connectivity index (χ4n) is 3.39. The molecule has 0 aliphatic carbocycles. The van der Waals surface area contributed by atoms with Crippen LogP contribution < -0.4 is 61.7 Å². The molecule has 1 aromatic heterocycles. The van der Waals surface area contributed by atoms with Crippen LogP contribution in [-0.4, -0.2) is 69.6 Å². The number of nitrogens with one attached hydrogen (secondary N) is 4. The van der Waals surface area contributed by atoms with Gasteiger partial charge in [-0.3, -0.25) is 24.2 Å². The molecule has 2 amide bonds. The van der Waals surface area contributed by atoms with E-state index in [1.54, 1.807) is 12.1 Å². The summed E-state index contributed by atoms with van der Waals surface area (Å²) in [5.74, 6) is -3.00. The van der Waals surface area contributed by atoms with E-state index < -0.39 is 41.9 Å². The first-order valence-corrected chi connectivity index (χ1v) is 10.2. The molecule has 1 aliphatic rings. The number of nitrogens with two attached hydrogens (primary N) is 1. The van der Waals surface area contributed by atoms with Crippen molar-refractivity contribution in [3.05, 3.63) is 40.2 Å². The van der Waals surface area contributed by atoms with Gasteiger partial charge in [-0.25, -0.2) is 4.79 Å². The third kappa shape index (κ3) is 6.94. The normalized spacial score (nSPS) is 15.0. The third-order valence-electron chi connectivity index (χ3n) is 5.12. The van der Waals surface area contributed by atoms with Crippen LogP contribution >= 0.6 is 0 Å². The largest absolute Gasteiger partial charge is 1.00 e. The number of nitrogen functional groups attached to an aromatic ring is 1. The van der Waals surface area contributed by atoms with Crippen molar-refractivity contribution in [3.63, 3.8) is 0 Å². The van der Waals surface area contributed by atoms with Crippen molar-refractivity contribution >= 4 is 47.4 Å². The fraction of sp³-hybridized carbons (Fsp3) is 0.300. The molecule has 14 nitrogen and oxygen atoms in total. The zero-order valence-corrected chi connectivity index (χ0v) is 20.8. The summed E-state index contributed by atoms with van der Waals surface area (Å²) in [4.78, 5) is 65.7. The van der Waals surface area contributed by atoms with Crippen molar-refractivity contribution in [1.29, 1.82) is 0 Å². The number of aliphatic carboxylic acids is 2. The molecule has 0 unspecified atom stereocenters. The SMILES string of the molecule is Nc1nc2c(c(=O)[nH]1)N(C=O)[C@@H](CNc1ccc(C(=O)N[C@@H](CCC(=O)O)C(=O)O)cc1)CN2.[Na+]. The first-order valence-electron chi connectivity index (χ1n) is 10.2. The van der Waals surface area contributed by atoms with E-state index in [9.17, 15) is 29.1 Å². The molecule has 0 spiro atoms. The Kier molecular flexibility index (Phi) is 9.62. The van der Waals surface area contributed by atoms with E-state index in [0.717, 1.165) is 0 Å². The first kappa shape index (κ1) is 27.6. The Bertz CT molecular complexity index is 1160. The van der Waals surface area contributed by atoms with Crippen LogP contribution in [0.25, 0.3) is 0 Å². The van der Waals surface area contributed by atoms with Gasteiger partial charge < -0.3 is 36.8 Å². The van der Waals surface area contributed by atoms with Gasteiger partial charge in [0.15, 0.2) is 11.5 Å². The summed E-state index contributed by atoms with van der Waals surface area (Å²) in [5, 5.41) is 26.3. The predicted octanol–water partition coefficient (Wildman–Crippen LogP) is -3.73. The van der Waals surface area contributed by atoms with Gasteiger partial charge in [-0.2, -0.15) is 4.98 Å². The molecule has 8 N–H and O–H groups in total. The predicted molar refractivity (Wildman–Crippen MR) is 121 cm³/mol. The number of benzene rings is 1. The summed E-state index contributed by atoms with van der Waals surface area (Å²) in [5.41, 5.74) is 5.84. The number of aromatic amines is 1. The second-order valence-electron chi connectivity index (χ2n) is 7.45. The van der Waals surface area contributed by atoms with Gasteiger partial charge in [0.1, 0.15) is 6.04 Å². The van der Waals surface area contributed by atoms with Crippen molar-refractivity contribution in [3.8, 4) is 0 Å². The summed E-state index contributed by atoms with van der Waals surface area (Å²) < 4.78 is 0. The molecule has 180 valence electrons. The molecular formula is C20H23N7NaO7+. The number of carbonyl (C=O) groups excluding carboxylic acids is 2. The molecular weight excluding hydrogens is 473 g/mol. The van der Waals surface area contributed by atoms with Gasteiger partial charge in [0.2, 0.25) is 12.4 Å². The van der Waals surface area contributed by atoms with E-state index >= 15 is 0 Å². The van der Waals surface area contributed by atoms with E-state index in [2.05, 4.69) is 25.9 Å². The van der Waals surface area contributed by atoms with Crippen molar-refractivity contribution < 1.29 is 58.9 Å². The van der Waals surface area contributed by atoms with Gasteiger partial charge >= 0.3 is 41.5 Å². The van der Waals surface area contributed by atoms with Gasteiger partial charge in [-0.15, -0.1) is 0 Å². The van der Waals surface area contributed by atoms with Crippen molar-refractivity contribution in [2.45, 2.75) is 24.9 Å². The molecule has 15 heteroatoms. The number of fused-ring (bicyclic) bond motifs is 1. The summed E-state index contributed by atoms with van der Waals surface area (Å²) in [6, 6.07) is 4.36. The Hall–Kier alpha value is -3.62. The zero-order valence-electron chi connectivity index (χ0n) is 18.8. The van der Waals surface area contributed by atoms with Gasteiger partial charge in [-0.05, 0) is 30.7 Å². The molecule has 0 radical (unpaired) electrons. The Morgan fingerprint density at radius 3 is 2.54 bits per heavy atom. The first-order chi connectivity index (χ1) is 16.2. The summed E-state index contributed by atoms with van der Waals surface area (Å²) in [7, 11) is 0. The Balaban J connectivity index is 0.00000432. The van der Waals surface area contributed by atoms with Crippen LogP contribution in [-0.2, 0) is 14.4 Å². The molecule has 35 heavy (non-hydrogen) atoms. The van der Waals surface area contributed by atoms with Gasteiger partial charge in [0.05, 0.1) is 6.04 Å². The van der Waals surface area contributed by atoms with Crippen LogP contribution in [0.3, 0.4) is 0 Å². The number of carbonyl (C=O) groups is 4. The fourth-order valence-corrected chi connectivity index (χ4v) is 3.39. The van der Waals surface area contributed by atoms with Gasteiger partial charge in [0, 0.05) is 30.8 Å². The zero-order chi connectivity index (χ0) is 24.8. The molecule has 1 aromatic carbocycles. The van der Waals surface area contributed by atoms with E-state index in [1.165, 1.54) is 17.0 Å². The molecule has 3 rings (SSSR count). The van der Waals surface area contributed by atoms with Crippen molar-refractivity contribution in [1.82, 2.24) is 15.3 Å². The van der Waals surface area contributed by atoms with Gasteiger partial charge in [-0.1, -0.05) is 0 Å². The van der Waals surface area contributed by atoms with E-state index in [4.69, 9.17) is 10.8 Å². The quantitative estimate of drug-likeness (QED) is 0.125. The minimum Gasteiger partial charge on any atom is -0.481 e. The average molecular weight is 496 g/mol.